The van der Waals surface area contributed by atoms with Crippen LogP contribution < -0.4 is 0 Å². The summed E-state index contributed by atoms with van der Waals surface area (Å²) in [5.41, 5.74) is 4.49. The summed E-state index contributed by atoms with van der Waals surface area (Å²) in [7, 11) is 0. The van der Waals surface area contributed by atoms with Crippen molar-refractivity contribution < 1.29 is 4.42 Å². The molecule has 5 heteroatoms. The maximum Gasteiger partial charge on any atom is 0.165 e. The monoisotopic (exact) mass is 655 g/mol. The molecule has 4 nitrogen and oxygen atoms in total. The zero-order valence-electron chi connectivity index (χ0n) is 26.6. The Bertz CT molecular complexity index is 3170. The van der Waals surface area contributed by atoms with E-state index in [0.29, 0.717) is 17.5 Å². The van der Waals surface area contributed by atoms with Crippen molar-refractivity contribution >= 4 is 85.8 Å². The molecule has 11 rings (SSSR count). The first-order chi connectivity index (χ1) is 24.7. The highest BCUT2D eigenvalue weighted by Gasteiger charge is 2.18. The van der Waals surface area contributed by atoms with Crippen LogP contribution in [0.4, 0.5) is 0 Å². The van der Waals surface area contributed by atoms with Gasteiger partial charge in [-0.1, -0.05) is 115 Å². The van der Waals surface area contributed by atoms with Gasteiger partial charge in [-0.25, -0.2) is 15.0 Å². The molecule has 0 aliphatic carbocycles. The van der Waals surface area contributed by atoms with E-state index in [2.05, 4.69) is 133 Å². The molecule has 0 spiro atoms. The van der Waals surface area contributed by atoms with Crippen LogP contribution in [0.5, 0.6) is 0 Å². The first kappa shape index (κ1) is 27.5. The third kappa shape index (κ3) is 4.14. The number of rotatable bonds is 3. The molecule has 0 saturated heterocycles. The largest absolute Gasteiger partial charge is 0.456 e. The van der Waals surface area contributed by atoms with Crippen LogP contribution in [0.1, 0.15) is 0 Å². The van der Waals surface area contributed by atoms with Gasteiger partial charge in [0.25, 0.3) is 0 Å². The lowest BCUT2D eigenvalue weighted by atomic mass is 9.96. The summed E-state index contributed by atoms with van der Waals surface area (Å²) in [4.78, 5) is 15.5. The second-order valence-corrected chi connectivity index (χ2v) is 13.8. The molecule has 0 unspecified atom stereocenters. The number of furan rings is 1. The quantitative estimate of drug-likeness (QED) is 0.178. The summed E-state index contributed by atoms with van der Waals surface area (Å²) >= 11 is 1.78. The fourth-order valence-electron chi connectivity index (χ4n) is 7.51. The molecule has 8 aromatic carbocycles. The molecule has 11 aromatic rings. The minimum Gasteiger partial charge on any atom is -0.456 e. The molecule has 0 N–H and O–H groups in total. The van der Waals surface area contributed by atoms with E-state index in [9.17, 15) is 0 Å². The van der Waals surface area contributed by atoms with Gasteiger partial charge in [-0.15, -0.1) is 11.3 Å². The zero-order chi connectivity index (χ0) is 32.8. The topological polar surface area (TPSA) is 51.8 Å². The summed E-state index contributed by atoms with van der Waals surface area (Å²) in [5, 5.41) is 12.0. The molecule has 3 heterocycles. The van der Waals surface area contributed by atoms with Crippen LogP contribution in [-0.2, 0) is 0 Å². The van der Waals surface area contributed by atoms with Crippen molar-refractivity contribution in [1.82, 2.24) is 15.0 Å². The summed E-state index contributed by atoms with van der Waals surface area (Å²) in [5.74, 6) is 1.89. The predicted molar refractivity (Wildman–Crippen MR) is 209 cm³/mol. The molecule has 0 fully saturated rings. The number of para-hydroxylation sites is 1. The number of fused-ring (bicyclic) bond motifs is 11. The number of nitrogens with zero attached hydrogens (tertiary/aromatic N) is 3. The second kappa shape index (κ2) is 10.5. The first-order valence-corrected chi connectivity index (χ1v) is 17.5. The Morgan fingerprint density at radius 1 is 0.380 bits per heavy atom. The van der Waals surface area contributed by atoms with E-state index in [1.807, 2.05) is 18.2 Å². The molecule has 0 atom stereocenters. The van der Waals surface area contributed by atoms with E-state index in [4.69, 9.17) is 19.4 Å². The van der Waals surface area contributed by atoms with Crippen LogP contribution >= 0.6 is 11.3 Å². The van der Waals surface area contributed by atoms with Gasteiger partial charge >= 0.3 is 0 Å². The molecule has 0 bridgehead atoms. The average molecular weight is 656 g/mol. The van der Waals surface area contributed by atoms with Gasteiger partial charge < -0.3 is 4.42 Å². The van der Waals surface area contributed by atoms with Crippen LogP contribution in [-0.4, -0.2) is 15.0 Å². The fraction of sp³-hybridized carbons (Fsp3) is 0. The van der Waals surface area contributed by atoms with E-state index in [1.165, 1.54) is 47.1 Å². The van der Waals surface area contributed by atoms with Gasteiger partial charge in [0, 0.05) is 47.6 Å². The third-order valence-corrected chi connectivity index (χ3v) is 11.1. The standard InChI is InChI=1S/C45H25N3OS/c1-2-9-30-26(8-1)16-21-33-31-20-18-28(24-27(31)17-22-32(30)33)43-46-44(29-19-23-35-34-10-3-5-14-39(34)49-40(35)25-29)48-45(47-43)38-13-7-12-37-36-11-4-6-15-41(36)50-42(37)38/h1-25H. The Balaban J connectivity index is 1.13. The van der Waals surface area contributed by atoms with Crippen molar-refractivity contribution in [2.24, 2.45) is 0 Å². The molecule has 50 heavy (non-hydrogen) atoms. The SMILES string of the molecule is c1ccc2c(c1)ccc1c3ccc(-c4nc(-c5ccc6c(c5)oc5ccccc56)nc(-c5cccc6c5sc5ccccc56)n4)cc3ccc21. The van der Waals surface area contributed by atoms with E-state index in [-0.39, 0.29) is 0 Å². The lowest BCUT2D eigenvalue weighted by molar-refractivity contribution is 0.669. The van der Waals surface area contributed by atoms with Crippen molar-refractivity contribution in [2.45, 2.75) is 0 Å². The van der Waals surface area contributed by atoms with Crippen LogP contribution in [0.3, 0.4) is 0 Å². The highest BCUT2D eigenvalue weighted by atomic mass is 32.1. The average Bonchev–Trinajstić information content (AvgIpc) is 3.75. The Morgan fingerprint density at radius 2 is 0.980 bits per heavy atom. The highest BCUT2D eigenvalue weighted by molar-refractivity contribution is 7.26. The van der Waals surface area contributed by atoms with Crippen molar-refractivity contribution in [2.75, 3.05) is 0 Å². The summed E-state index contributed by atoms with van der Waals surface area (Å²) in [6, 6.07) is 53.4. The molecule has 0 saturated carbocycles. The molecule has 0 amide bonds. The zero-order valence-corrected chi connectivity index (χ0v) is 27.4. The molecule has 0 radical (unpaired) electrons. The second-order valence-electron chi connectivity index (χ2n) is 12.8. The van der Waals surface area contributed by atoms with Gasteiger partial charge in [0.2, 0.25) is 0 Å². The van der Waals surface area contributed by atoms with Crippen LogP contribution in [0, 0.1) is 0 Å². The Labute approximate surface area is 289 Å². The van der Waals surface area contributed by atoms with E-state index < -0.39 is 0 Å². The summed E-state index contributed by atoms with van der Waals surface area (Å²) < 4.78 is 8.69. The molecule has 0 aliphatic heterocycles. The lowest BCUT2D eigenvalue weighted by Gasteiger charge is -2.11. The smallest absolute Gasteiger partial charge is 0.165 e. The highest BCUT2D eigenvalue weighted by Crippen LogP contribution is 2.40. The number of hydrogen-bond donors (Lipinski definition) is 0. The summed E-state index contributed by atoms with van der Waals surface area (Å²) in [6.07, 6.45) is 0. The van der Waals surface area contributed by atoms with E-state index >= 15 is 0 Å². The molecular formula is C45H25N3OS. The molecule has 3 aromatic heterocycles. The van der Waals surface area contributed by atoms with Gasteiger partial charge in [0.1, 0.15) is 11.2 Å². The number of thiophene rings is 1. The van der Waals surface area contributed by atoms with Crippen LogP contribution in [0.2, 0.25) is 0 Å². The van der Waals surface area contributed by atoms with Crippen molar-refractivity contribution in [3.05, 3.63) is 152 Å². The Kier molecular flexibility index (Phi) is 5.80. The van der Waals surface area contributed by atoms with Gasteiger partial charge in [-0.05, 0) is 68.7 Å². The minimum atomic E-state index is 0.607. The van der Waals surface area contributed by atoms with Gasteiger partial charge in [0.15, 0.2) is 17.5 Å². The van der Waals surface area contributed by atoms with Gasteiger partial charge in [-0.2, -0.15) is 0 Å². The maximum absolute atomic E-state index is 6.28. The number of aromatic nitrogens is 3. The molecular weight excluding hydrogens is 631 g/mol. The summed E-state index contributed by atoms with van der Waals surface area (Å²) in [6.45, 7) is 0. The van der Waals surface area contributed by atoms with Crippen molar-refractivity contribution in [3.63, 3.8) is 0 Å². The third-order valence-electron chi connectivity index (χ3n) is 9.92. The van der Waals surface area contributed by atoms with Gasteiger partial charge in [0.05, 0.1) is 0 Å². The fourth-order valence-corrected chi connectivity index (χ4v) is 8.72. The van der Waals surface area contributed by atoms with Crippen LogP contribution in [0.25, 0.3) is 109 Å². The Morgan fingerprint density at radius 3 is 1.84 bits per heavy atom. The predicted octanol–water partition coefficient (Wildman–Crippen LogP) is 12.6. The van der Waals surface area contributed by atoms with Crippen molar-refractivity contribution in [1.29, 1.82) is 0 Å². The van der Waals surface area contributed by atoms with E-state index in [1.54, 1.807) is 11.3 Å². The van der Waals surface area contributed by atoms with Gasteiger partial charge in [-0.3, -0.25) is 0 Å². The molecule has 232 valence electrons. The molecule has 0 aliphatic rings. The maximum atomic E-state index is 6.28. The van der Waals surface area contributed by atoms with E-state index in [0.717, 1.165) is 44.0 Å². The Hall–Kier alpha value is -6.43. The normalized spacial score (nSPS) is 12.0. The number of hydrogen-bond acceptors (Lipinski definition) is 5. The van der Waals surface area contributed by atoms with Crippen LogP contribution in [0.15, 0.2) is 156 Å². The first-order valence-electron chi connectivity index (χ1n) is 16.7. The van der Waals surface area contributed by atoms with Crippen molar-refractivity contribution in [3.8, 4) is 34.2 Å². The minimum absolute atomic E-state index is 0.607. The number of benzene rings is 8. The lowest BCUT2D eigenvalue weighted by Crippen LogP contribution is -2.00.